The predicted molar refractivity (Wildman–Crippen MR) is 94.5 cm³/mol. The zero-order chi connectivity index (χ0) is 16.5. The lowest BCUT2D eigenvalue weighted by Crippen LogP contribution is -2.23. The van der Waals surface area contributed by atoms with Crippen molar-refractivity contribution < 1.29 is 14.2 Å². The lowest BCUT2D eigenvalue weighted by Gasteiger charge is -2.17. The molecule has 0 rings (SSSR count). The molecule has 22 heavy (non-hydrogen) atoms. The van der Waals surface area contributed by atoms with Gasteiger partial charge in [-0.2, -0.15) is 0 Å². The Kier molecular flexibility index (Phi) is 17.1. The smallest absolute Gasteiger partial charge is 0.0781 e. The molecular formula is C19H40O3. The van der Waals surface area contributed by atoms with E-state index in [2.05, 4.69) is 27.7 Å². The fourth-order valence-corrected chi connectivity index (χ4v) is 2.31. The SMILES string of the molecule is CCCCCCCCCCOC(C)COC(C)COCCC. The Morgan fingerprint density at radius 2 is 1.18 bits per heavy atom. The van der Waals surface area contributed by atoms with Crippen LogP contribution >= 0.6 is 0 Å². The molecule has 0 spiro atoms. The summed E-state index contributed by atoms with van der Waals surface area (Å²) >= 11 is 0. The zero-order valence-corrected chi connectivity index (χ0v) is 15.6. The second kappa shape index (κ2) is 17.2. The Balaban J connectivity index is 3.26. The van der Waals surface area contributed by atoms with Crippen molar-refractivity contribution in [3.05, 3.63) is 0 Å². The molecule has 0 N–H and O–H groups in total. The van der Waals surface area contributed by atoms with Gasteiger partial charge >= 0.3 is 0 Å². The minimum atomic E-state index is 0.153. The van der Waals surface area contributed by atoms with Crippen molar-refractivity contribution in [2.24, 2.45) is 0 Å². The van der Waals surface area contributed by atoms with E-state index in [0.29, 0.717) is 13.2 Å². The summed E-state index contributed by atoms with van der Waals surface area (Å²) in [7, 11) is 0. The summed E-state index contributed by atoms with van der Waals surface area (Å²) in [6.45, 7) is 11.5. The summed E-state index contributed by atoms with van der Waals surface area (Å²) in [5, 5.41) is 0. The maximum absolute atomic E-state index is 5.80. The molecule has 3 nitrogen and oxygen atoms in total. The highest BCUT2D eigenvalue weighted by Gasteiger charge is 2.07. The number of ether oxygens (including phenoxy) is 3. The van der Waals surface area contributed by atoms with Gasteiger partial charge < -0.3 is 14.2 Å². The van der Waals surface area contributed by atoms with Crippen LogP contribution in [0.4, 0.5) is 0 Å². The van der Waals surface area contributed by atoms with Crippen LogP contribution in [-0.4, -0.2) is 38.6 Å². The highest BCUT2D eigenvalue weighted by Crippen LogP contribution is 2.09. The van der Waals surface area contributed by atoms with Gasteiger partial charge in [-0.05, 0) is 26.7 Å². The molecule has 0 fully saturated rings. The van der Waals surface area contributed by atoms with E-state index in [4.69, 9.17) is 14.2 Å². The van der Waals surface area contributed by atoms with E-state index in [0.717, 1.165) is 19.6 Å². The first-order chi connectivity index (χ1) is 10.7. The van der Waals surface area contributed by atoms with E-state index in [-0.39, 0.29) is 12.2 Å². The van der Waals surface area contributed by atoms with Gasteiger partial charge in [-0.3, -0.25) is 0 Å². The van der Waals surface area contributed by atoms with Crippen molar-refractivity contribution in [2.75, 3.05) is 26.4 Å². The Bertz CT molecular complexity index is 209. The Morgan fingerprint density at radius 1 is 0.591 bits per heavy atom. The molecule has 0 aromatic heterocycles. The van der Waals surface area contributed by atoms with Crippen LogP contribution in [-0.2, 0) is 14.2 Å². The average molecular weight is 317 g/mol. The van der Waals surface area contributed by atoms with E-state index in [9.17, 15) is 0 Å². The number of unbranched alkanes of at least 4 members (excludes halogenated alkanes) is 7. The normalized spacial score (nSPS) is 14.2. The van der Waals surface area contributed by atoms with Crippen molar-refractivity contribution in [1.82, 2.24) is 0 Å². The summed E-state index contributed by atoms with van der Waals surface area (Å²) < 4.78 is 17.0. The van der Waals surface area contributed by atoms with Crippen LogP contribution in [0.25, 0.3) is 0 Å². The van der Waals surface area contributed by atoms with Gasteiger partial charge in [-0.1, -0.05) is 58.8 Å². The number of hydrogen-bond donors (Lipinski definition) is 0. The molecule has 2 atom stereocenters. The lowest BCUT2D eigenvalue weighted by atomic mass is 10.1. The molecule has 0 amide bonds. The van der Waals surface area contributed by atoms with E-state index in [1.54, 1.807) is 0 Å². The molecular weight excluding hydrogens is 276 g/mol. The summed E-state index contributed by atoms with van der Waals surface area (Å²) in [6, 6.07) is 0. The van der Waals surface area contributed by atoms with Gasteiger partial charge in [-0.25, -0.2) is 0 Å². The molecule has 0 aromatic rings. The van der Waals surface area contributed by atoms with Crippen LogP contribution in [0.1, 0.15) is 85.5 Å². The summed E-state index contributed by atoms with van der Waals surface area (Å²) in [5.41, 5.74) is 0. The van der Waals surface area contributed by atoms with Crippen molar-refractivity contribution in [3.8, 4) is 0 Å². The first-order valence-electron chi connectivity index (χ1n) is 9.51. The van der Waals surface area contributed by atoms with Gasteiger partial charge in [0.1, 0.15) is 0 Å². The minimum Gasteiger partial charge on any atom is -0.379 e. The van der Waals surface area contributed by atoms with E-state index in [1.807, 2.05) is 0 Å². The largest absolute Gasteiger partial charge is 0.379 e. The van der Waals surface area contributed by atoms with Crippen molar-refractivity contribution in [1.29, 1.82) is 0 Å². The van der Waals surface area contributed by atoms with Crippen molar-refractivity contribution >= 4 is 0 Å². The van der Waals surface area contributed by atoms with Gasteiger partial charge in [0.25, 0.3) is 0 Å². The monoisotopic (exact) mass is 316 g/mol. The molecule has 0 bridgehead atoms. The molecule has 0 aliphatic heterocycles. The van der Waals surface area contributed by atoms with Gasteiger partial charge in [0.05, 0.1) is 25.4 Å². The van der Waals surface area contributed by atoms with Gasteiger partial charge in [0, 0.05) is 13.2 Å². The van der Waals surface area contributed by atoms with Gasteiger partial charge in [0.2, 0.25) is 0 Å². The highest BCUT2D eigenvalue weighted by atomic mass is 16.6. The second-order valence-corrected chi connectivity index (χ2v) is 6.38. The predicted octanol–water partition coefficient (Wildman–Crippen LogP) is 5.36. The first kappa shape index (κ1) is 21.9. The number of hydrogen-bond acceptors (Lipinski definition) is 3. The third kappa shape index (κ3) is 16.3. The molecule has 0 aromatic carbocycles. The van der Waals surface area contributed by atoms with Crippen molar-refractivity contribution in [2.45, 2.75) is 97.7 Å². The molecule has 0 heterocycles. The topological polar surface area (TPSA) is 27.7 Å². The highest BCUT2D eigenvalue weighted by molar-refractivity contribution is 4.53. The van der Waals surface area contributed by atoms with Gasteiger partial charge in [-0.15, -0.1) is 0 Å². The maximum atomic E-state index is 5.80. The van der Waals surface area contributed by atoms with Crippen LogP contribution in [0.15, 0.2) is 0 Å². The third-order valence-electron chi connectivity index (χ3n) is 3.72. The summed E-state index contributed by atoms with van der Waals surface area (Å²) in [5.74, 6) is 0. The van der Waals surface area contributed by atoms with Crippen LogP contribution in [0, 0.1) is 0 Å². The standard InChI is InChI=1S/C19H40O3/c1-5-7-8-9-10-11-12-13-15-21-19(4)17-22-18(3)16-20-14-6-2/h18-19H,5-17H2,1-4H3. The van der Waals surface area contributed by atoms with E-state index >= 15 is 0 Å². The van der Waals surface area contributed by atoms with Crippen LogP contribution < -0.4 is 0 Å². The fourth-order valence-electron chi connectivity index (χ4n) is 2.31. The fraction of sp³-hybridized carbons (Fsp3) is 1.00. The van der Waals surface area contributed by atoms with Crippen LogP contribution in [0.5, 0.6) is 0 Å². The van der Waals surface area contributed by atoms with Crippen molar-refractivity contribution in [3.63, 3.8) is 0 Å². The average Bonchev–Trinajstić information content (AvgIpc) is 2.51. The second-order valence-electron chi connectivity index (χ2n) is 6.38. The first-order valence-corrected chi connectivity index (χ1v) is 9.51. The van der Waals surface area contributed by atoms with E-state index < -0.39 is 0 Å². The number of rotatable bonds is 17. The molecule has 2 unspecified atom stereocenters. The zero-order valence-electron chi connectivity index (χ0n) is 15.6. The summed E-state index contributed by atoms with van der Waals surface area (Å²) in [4.78, 5) is 0. The third-order valence-corrected chi connectivity index (χ3v) is 3.72. The quantitative estimate of drug-likeness (QED) is 0.338. The Morgan fingerprint density at radius 3 is 1.82 bits per heavy atom. The van der Waals surface area contributed by atoms with Crippen LogP contribution in [0.2, 0.25) is 0 Å². The molecule has 134 valence electrons. The Hall–Kier alpha value is -0.120. The molecule has 0 aliphatic carbocycles. The molecule has 3 heteroatoms. The minimum absolute atomic E-state index is 0.153. The summed E-state index contributed by atoms with van der Waals surface area (Å²) in [6.07, 6.45) is 12.1. The molecule has 0 radical (unpaired) electrons. The van der Waals surface area contributed by atoms with Gasteiger partial charge in [0.15, 0.2) is 0 Å². The molecule has 0 saturated carbocycles. The molecule has 0 aliphatic rings. The van der Waals surface area contributed by atoms with E-state index in [1.165, 1.54) is 51.4 Å². The lowest BCUT2D eigenvalue weighted by molar-refractivity contribution is -0.0573. The van der Waals surface area contributed by atoms with Crippen LogP contribution in [0.3, 0.4) is 0 Å². The molecule has 0 saturated heterocycles. The maximum Gasteiger partial charge on any atom is 0.0781 e. The Labute approximate surface area is 139 Å².